The summed E-state index contributed by atoms with van der Waals surface area (Å²) in [5.41, 5.74) is 10.7. The molecule has 0 aromatic rings. The lowest BCUT2D eigenvalue weighted by Crippen LogP contribution is -2.56. The molecule has 0 fully saturated rings. The SMILES string of the molecule is CC[C@H](C)[C@H](N)C(=O)N[C@@H](CC(=O)O)C(=O)N[C@@H](CCC(N)=O)C(=O)O. The number of primary amides is 1. The van der Waals surface area contributed by atoms with E-state index in [1.54, 1.807) is 6.92 Å². The van der Waals surface area contributed by atoms with E-state index in [1.807, 2.05) is 6.92 Å². The zero-order chi connectivity index (χ0) is 20.4. The first kappa shape index (κ1) is 23.3. The maximum absolute atomic E-state index is 12.2. The fourth-order valence-electron chi connectivity index (χ4n) is 1.98. The van der Waals surface area contributed by atoms with Crippen LogP contribution in [-0.2, 0) is 24.0 Å². The summed E-state index contributed by atoms with van der Waals surface area (Å²) in [6, 6.07) is -3.91. The Morgan fingerprint density at radius 2 is 1.54 bits per heavy atom. The number of nitrogens with two attached hydrogens (primary N) is 2. The van der Waals surface area contributed by atoms with Crippen LogP contribution in [0.4, 0.5) is 0 Å². The number of rotatable bonds is 12. The van der Waals surface area contributed by atoms with Crippen LogP contribution in [0.3, 0.4) is 0 Å². The number of carbonyl (C=O) groups excluding carboxylic acids is 3. The van der Waals surface area contributed by atoms with Crippen LogP contribution in [-0.4, -0.2) is 58.0 Å². The summed E-state index contributed by atoms with van der Waals surface area (Å²) in [7, 11) is 0. The fourth-order valence-corrected chi connectivity index (χ4v) is 1.98. The van der Waals surface area contributed by atoms with E-state index in [-0.39, 0.29) is 18.8 Å². The van der Waals surface area contributed by atoms with Gasteiger partial charge in [0.15, 0.2) is 0 Å². The van der Waals surface area contributed by atoms with Crippen LogP contribution in [0.1, 0.15) is 39.5 Å². The topological polar surface area (TPSA) is 202 Å². The van der Waals surface area contributed by atoms with Gasteiger partial charge < -0.3 is 32.3 Å². The van der Waals surface area contributed by atoms with Crippen LogP contribution >= 0.6 is 0 Å². The first-order valence-electron chi connectivity index (χ1n) is 8.08. The second-order valence-electron chi connectivity index (χ2n) is 5.97. The quantitative estimate of drug-likeness (QED) is 0.228. The van der Waals surface area contributed by atoms with Gasteiger partial charge in [-0.05, 0) is 12.3 Å². The van der Waals surface area contributed by atoms with E-state index in [1.165, 1.54) is 0 Å². The Morgan fingerprint density at radius 1 is 1.00 bits per heavy atom. The number of amides is 3. The summed E-state index contributed by atoms with van der Waals surface area (Å²) in [6.07, 6.45) is -0.714. The Hall–Kier alpha value is -2.69. The van der Waals surface area contributed by atoms with Gasteiger partial charge in [-0.1, -0.05) is 20.3 Å². The van der Waals surface area contributed by atoms with Crippen molar-refractivity contribution in [2.24, 2.45) is 17.4 Å². The first-order chi connectivity index (χ1) is 12.0. The highest BCUT2D eigenvalue weighted by atomic mass is 16.4. The smallest absolute Gasteiger partial charge is 0.326 e. The van der Waals surface area contributed by atoms with E-state index in [0.717, 1.165) is 0 Å². The molecule has 3 amide bonds. The van der Waals surface area contributed by atoms with Gasteiger partial charge in [0.05, 0.1) is 12.5 Å². The summed E-state index contributed by atoms with van der Waals surface area (Å²) >= 11 is 0. The largest absolute Gasteiger partial charge is 0.481 e. The predicted molar refractivity (Wildman–Crippen MR) is 89.6 cm³/mol. The minimum atomic E-state index is -1.51. The summed E-state index contributed by atoms with van der Waals surface area (Å²) in [4.78, 5) is 57.2. The molecule has 0 unspecified atom stereocenters. The summed E-state index contributed by atoms with van der Waals surface area (Å²) in [6.45, 7) is 3.54. The van der Waals surface area contributed by atoms with Gasteiger partial charge in [-0.3, -0.25) is 19.2 Å². The molecule has 0 spiro atoms. The molecule has 0 saturated carbocycles. The van der Waals surface area contributed by atoms with E-state index >= 15 is 0 Å². The minimum absolute atomic E-state index is 0.203. The molecule has 0 rings (SSSR count). The summed E-state index contributed by atoms with van der Waals surface area (Å²) in [5.74, 6) is -5.46. The van der Waals surface area contributed by atoms with Crippen molar-refractivity contribution in [2.75, 3.05) is 0 Å². The fraction of sp³-hybridized carbons (Fsp3) is 0.667. The van der Waals surface area contributed by atoms with Crippen molar-refractivity contribution < 1.29 is 34.2 Å². The van der Waals surface area contributed by atoms with E-state index in [4.69, 9.17) is 21.7 Å². The van der Waals surface area contributed by atoms with E-state index in [9.17, 15) is 24.0 Å². The third-order valence-electron chi connectivity index (χ3n) is 3.87. The molecule has 0 aliphatic heterocycles. The molecular weight excluding hydrogens is 348 g/mol. The monoisotopic (exact) mass is 374 g/mol. The van der Waals surface area contributed by atoms with Crippen LogP contribution in [0.5, 0.6) is 0 Å². The van der Waals surface area contributed by atoms with Crippen LogP contribution in [0, 0.1) is 5.92 Å². The first-order valence-corrected chi connectivity index (χ1v) is 8.08. The average Bonchev–Trinajstić information content (AvgIpc) is 2.55. The van der Waals surface area contributed by atoms with Crippen molar-refractivity contribution >= 4 is 29.7 Å². The Kier molecular flexibility index (Phi) is 9.89. The van der Waals surface area contributed by atoms with Gasteiger partial charge in [0, 0.05) is 6.42 Å². The lowest BCUT2D eigenvalue weighted by Gasteiger charge is -2.23. The molecule has 11 heteroatoms. The van der Waals surface area contributed by atoms with Crippen molar-refractivity contribution in [3.05, 3.63) is 0 Å². The maximum atomic E-state index is 12.2. The van der Waals surface area contributed by atoms with Crippen molar-refractivity contribution in [3.63, 3.8) is 0 Å². The number of hydrogen-bond acceptors (Lipinski definition) is 6. The van der Waals surface area contributed by atoms with E-state index in [2.05, 4.69) is 10.6 Å². The van der Waals surface area contributed by atoms with Gasteiger partial charge in [-0.2, -0.15) is 0 Å². The molecular formula is C15H26N4O7. The van der Waals surface area contributed by atoms with Crippen LogP contribution < -0.4 is 22.1 Å². The number of carboxylic acid groups (broad SMARTS) is 2. The Morgan fingerprint density at radius 3 is 1.96 bits per heavy atom. The highest BCUT2D eigenvalue weighted by Gasteiger charge is 2.30. The molecule has 0 heterocycles. The molecule has 8 N–H and O–H groups in total. The number of aliphatic carboxylic acids is 2. The number of nitrogens with one attached hydrogen (secondary N) is 2. The second-order valence-corrected chi connectivity index (χ2v) is 5.97. The summed E-state index contributed by atoms with van der Waals surface area (Å²) in [5, 5.41) is 22.3. The Bertz CT molecular complexity index is 552. The van der Waals surface area contributed by atoms with Crippen LogP contribution in [0.15, 0.2) is 0 Å². The Labute approximate surface area is 150 Å². The zero-order valence-corrected chi connectivity index (χ0v) is 14.7. The number of carboxylic acids is 2. The summed E-state index contributed by atoms with van der Waals surface area (Å²) < 4.78 is 0. The average molecular weight is 374 g/mol. The zero-order valence-electron chi connectivity index (χ0n) is 14.7. The minimum Gasteiger partial charge on any atom is -0.481 e. The van der Waals surface area contributed by atoms with Crippen molar-refractivity contribution in [1.29, 1.82) is 0 Å². The standard InChI is InChI=1S/C15H26N4O7/c1-3-7(2)12(17)14(24)19-9(6-11(21)22)13(23)18-8(15(25)26)4-5-10(16)20/h7-9,12H,3-6,17H2,1-2H3,(H2,16,20)(H,18,23)(H,19,24)(H,21,22)(H,25,26)/t7-,8-,9-,12-/m0/s1. The molecule has 0 bridgehead atoms. The molecule has 0 aliphatic carbocycles. The third-order valence-corrected chi connectivity index (χ3v) is 3.87. The lowest BCUT2D eigenvalue weighted by molar-refractivity contribution is -0.143. The predicted octanol–water partition coefficient (Wildman–Crippen LogP) is -1.85. The van der Waals surface area contributed by atoms with Gasteiger partial charge in [-0.15, -0.1) is 0 Å². The third kappa shape index (κ3) is 8.42. The van der Waals surface area contributed by atoms with Gasteiger partial charge in [0.2, 0.25) is 17.7 Å². The van der Waals surface area contributed by atoms with Crippen molar-refractivity contribution in [3.8, 4) is 0 Å². The molecule has 0 saturated heterocycles. The van der Waals surface area contributed by atoms with E-state index in [0.29, 0.717) is 6.42 Å². The van der Waals surface area contributed by atoms with Crippen LogP contribution in [0.25, 0.3) is 0 Å². The van der Waals surface area contributed by atoms with E-state index < -0.39 is 54.2 Å². The van der Waals surface area contributed by atoms with Crippen LogP contribution in [0.2, 0.25) is 0 Å². The molecule has 0 radical (unpaired) electrons. The number of carbonyl (C=O) groups is 5. The molecule has 0 aromatic heterocycles. The highest BCUT2D eigenvalue weighted by Crippen LogP contribution is 2.07. The van der Waals surface area contributed by atoms with Crippen molar-refractivity contribution in [2.45, 2.75) is 57.7 Å². The molecule has 0 aliphatic rings. The number of hydrogen-bond donors (Lipinski definition) is 6. The second kappa shape index (κ2) is 11.0. The molecule has 4 atom stereocenters. The molecule has 148 valence electrons. The molecule has 11 nitrogen and oxygen atoms in total. The molecule has 0 aromatic carbocycles. The Balaban J connectivity index is 5.11. The lowest BCUT2D eigenvalue weighted by atomic mass is 9.99. The van der Waals surface area contributed by atoms with Gasteiger partial charge >= 0.3 is 11.9 Å². The van der Waals surface area contributed by atoms with Crippen molar-refractivity contribution in [1.82, 2.24) is 10.6 Å². The van der Waals surface area contributed by atoms with Gasteiger partial charge in [0.1, 0.15) is 12.1 Å². The maximum Gasteiger partial charge on any atom is 0.326 e. The normalized spacial score (nSPS) is 15.2. The van der Waals surface area contributed by atoms with Gasteiger partial charge in [0.25, 0.3) is 0 Å². The van der Waals surface area contributed by atoms with Gasteiger partial charge in [-0.25, -0.2) is 4.79 Å². The molecule has 26 heavy (non-hydrogen) atoms. The highest BCUT2D eigenvalue weighted by molar-refractivity contribution is 5.94.